The zero-order valence-corrected chi connectivity index (χ0v) is 15.0. The van der Waals surface area contributed by atoms with Gasteiger partial charge in [0.05, 0.1) is 4.90 Å². The lowest BCUT2D eigenvalue weighted by atomic mass is 10.1. The van der Waals surface area contributed by atoms with Gasteiger partial charge in [-0.2, -0.15) is 0 Å². The standard InChI is InChI=1S/C17H21ClN2O2S/c1-13-7-9-16(10-8-13)23(21,22)19-12-17(20(2)3)14-5-4-6-15(18)11-14/h4-11,17,19H,12H2,1-3H3. The van der Waals surface area contributed by atoms with E-state index in [9.17, 15) is 8.42 Å². The van der Waals surface area contributed by atoms with Crippen LogP contribution in [0.3, 0.4) is 0 Å². The van der Waals surface area contributed by atoms with Gasteiger partial charge in [0.15, 0.2) is 0 Å². The Balaban J connectivity index is 2.17. The highest BCUT2D eigenvalue weighted by Gasteiger charge is 2.19. The number of aryl methyl sites for hydroxylation is 1. The molecular weight excluding hydrogens is 332 g/mol. The van der Waals surface area contributed by atoms with E-state index in [-0.39, 0.29) is 17.5 Å². The van der Waals surface area contributed by atoms with Crippen molar-refractivity contribution in [3.8, 4) is 0 Å². The van der Waals surface area contributed by atoms with Gasteiger partial charge >= 0.3 is 0 Å². The first-order chi connectivity index (χ1) is 10.8. The molecule has 0 bridgehead atoms. The van der Waals surface area contributed by atoms with Crippen LogP contribution in [0.1, 0.15) is 17.2 Å². The monoisotopic (exact) mass is 352 g/mol. The van der Waals surface area contributed by atoms with Gasteiger partial charge in [0.1, 0.15) is 0 Å². The van der Waals surface area contributed by atoms with Crippen molar-refractivity contribution in [2.24, 2.45) is 0 Å². The molecule has 0 aliphatic carbocycles. The van der Waals surface area contributed by atoms with Gasteiger partial charge < -0.3 is 4.90 Å². The van der Waals surface area contributed by atoms with Crippen molar-refractivity contribution < 1.29 is 8.42 Å². The van der Waals surface area contributed by atoms with Gasteiger partial charge in [-0.15, -0.1) is 0 Å². The molecule has 0 radical (unpaired) electrons. The number of hydrogen-bond donors (Lipinski definition) is 1. The Kier molecular flexibility index (Phi) is 5.81. The molecule has 0 amide bonds. The summed E-state index contributed by atoms with van der Waals surface area (Å²) in [6.45, 7) is 2.19. The van der Waals surface area contributed by atoms with Crippen molar-refractivity contribution in [2.45, 2.75) is 17.9 Å². The lowest BCUT2D eigenvalue weighted by molar-refractivity contribution is 0.299. The Labute approximate surface area is 143 Å². The molecule has 0 aromatic heterocycles. The zero-order chi connectivity index (χ0) is 17.0. The highest BCUT2D eigenvalue weighted by molar-refractivity contribution is 7.89. The van der Waals surface area contributed by atoms with Gasteiger partial charge in [0.25, 0.3) is 0 Å². The molecule has 2 rings (SSSR count). The van der Waals surface area contributed by atoms with E-state index in [0.717, 1.165) is 11.1 Å². The number of halogens is 1. The molecule has 0 fully saturated rings. The van der Waals surface area contributed by atoms with Gasteiger partial charge in [0.2, 0.25) is 10.0 Å². The molecule has 124 valence electrons. The van der Waals surface area contributed by atoms with Crippen molar-refractivity contribution in [1.29, 1.82) is 0 Å². The molecule has 0 spiro atoms. The summed E-state index contributed by atoms with van der Waals surface area (Å²) in [5.74, 6) is 0. The quantitative estimate of drug-likeness (QED) is 0.868. The maximum Gasteiger partial charge on any atom is 0.240 e. The molecule has 4 nitrogen and oxygen atoms in total. The Bertz CT molecular complexity index is 758. The van der Waals surface area contributed by atoms with Crippen molar-refractivity contribution in [3.05, 3.63) is 64.7 Å². The van der Waals surface area contributed by atoms with Gasteiger partial charge in [-0.25, -0.2) is 13.1 Å². The molecule has 1 unspecified atom stereocenters. The summed E-state index contributed by atoms with van der Waals surface area (Å²) in [4.78, 5) is 2.23. The molecule has 1 atom stereocenters. The normalized spacial score (nSPS) is 13.3. The summed E-state index contributed by atoms with van der Waals surface area (Å²) in [5.41, 5.74) is 1.99. The third-order valence-electron chi connectivity index (χ3n) is 3.65. The van der Waals surface area contributed by atoms with Crippen LogP contribution in [0.5, 0.6) is 0 Å². The lowest BCUT2D eigenvalue weighted by Gasteiger charge is -2.25. The molecule has 6 heteroatoms. The van der Waals surface area contributed by atoms with E-state index in [1.807, 2.05) is 44.1 Å². The van der Waals surface area contributed by atoms with E-state index < -0.39 is 10.0 Å². The van der Waals surface area contributed by atoms with Crippen molar-refractivity contribution in [3.63, 3.8) is 0 Å². The molecule has 23 heavy (non-hydrogen) atoms. The fraction of sp³-hybridized carbons (Fsp3) is 0.294. The van der Waals surface area contributed by atoms with Crippen LogP contribution in [-0.4, -0.2) is 34.0 Å². The molecule has 0 heterocycles. The van der Waals surface area contributed by atoms with Crippen LogP contribution in [0, 0.1) is 6.92 Å². The maximum absolute atomic E-state index is 12.4. The first-order valence-corrected chi connectivity index (χ1v) is 9.14. The number of likely N-dealkylation sites (N-methyl/N-ethyl adjacent to an activating group) is 1. The minimum absolute atomic E-state index is 0.103. The molecule has 0 aliphatic heterocycles. The summed E-state index contributed by atoms with van der Waals surface area (Å²) < 4.78 is 27.5. The average Bonchev–Trinajstić information content (AvgIpc) is 2.47. The minimum Gasteiger partial charge on any atom is -0.301 e. The van der Waals surface area contributed by atoms with Crippen LogP contribution in [0.25, 0.3) is 0 Å². The third kappa shape index (κ3) is 4.78. The molecule has 0 saturated carbocycles. The summed E-state index contributed by atoms with van der Waals surface area (Å²) in [5, 5.41) is 0.635. The smallest absolute Gasteiger partial charge is 0.240 e. The van der Waals surface area contributed by atoms with Crippen LogP contribution >= 0.6 is 11.6 Å². The lowest BCUT2D eigenvalue weighted by Crippen LogP contribution is -2.34. The van der Waals surface area contributed by atoms with Crippen molar-refractivity contribution in [1.82, 2.24) is 9.62 Å². The van der Waals surface area contributed by atoms with E-state index in [4.69, 9.17) is 11.6 Å². The van der Waals surface area contributed by atoms with Gasteiger partial charge in [0, 0.05) is 17.6 Å². The number of nitrogens with one attached hydrogen (secondary N) is 1. The van der Waals surface area contributed by atoms with Crippen LogP contribution in [0.2, 0.25) is 5.02 Å². The summed E-state index contributed by atoms with van der Waals surface area (Å²) in [6.07, 6.45) is 0. The SMILES string of the molecule is Cc1ccc(S(=O)(=O)NCC(c2cccc(Cl)c2)N(C)C)cc1. The molecule has 0 aliphatic rings. The summed E-state index contributed by atoms with van der Waals surface area (Å²) in [6, 6.07) is 14.2. The van der Waals surface area contributed by atoms with E-state index in [2.05, 4.69) is 4.72 Å². The number of nitrogens with zero attached hydrogens (tertiary/aromatic N) is 1. The van der Waals surface area contributed by atoms with E-state index >= 15 is 0 Å². The summed E-state index contributed by atoms with van der Waals surface area (Å²) >= 11 is 6.04. The van der Waals surface area contributed by atoms with Crippen LogP contribution in [-0.2, 0) is 10.0 Å². The third-order valence-corrected chi connectivity index (χ3v) is 5.33. The van der Waals surface area contributed by atoms with Gasteiger partial charge in [-0.3, -0.25) is 0 Å². The first-order valence-electron chi connectivity index (χ1n) is 7.28. The minimum atomic E-state index is -3.53. The van der Waals surface area contributed by atoms with Gasteiger partial charge in [-0.05, 0) is 50.8 Å². The van der Waals surface area contributed by atoms with Crippen LogP contribution in [0.4, 0.5) is 0 Å². The molecule has 2 aromatic carbocycles. The van der Waals surface area contributed by atoms with Crippen molar-refractivity contribution >= 4 is 21.6 Å². The predicted octanol–water partition coefficient (Wildman–Crippen LogP) is 3.23. The number of hydrogen-bond acceptors (Lipinski definition) is 3. The highest BCUT2D eigenvalue weighted by atomic mass is 35.5. The second-order valence-corrected chi connectivity index (χ2v) is 7.90. The number of sulfonamides is 1. The fourth-order valence-electron chi connectivity index (χ4n) is 2.30. The molecule has 0 saturated heterocycles. The van der Waals surface area contributed by atoms with E-state index in [1.165, 1.54) is 0 Å². The number of benzene rings is 2. The van der Waals surface area contributed by atoms with Crippen molar-refractivity contribution in [2.75, 3.05) is 20.6 Å². The largest absolute Gasteiger partial charge is 0.301 e. The second-order valence-electron chi connectivity index (χ2n) is 5.70. The van der Waals surface area contributed by atoms with Gasteiger partial charge in [-0.1, -0.05) is 41.4 Å². The molecular formula is C17H21ClN2O2S. The van der Waals surface area contributed by atoms with E-state index in [1.54, 1.807) is 30.3 Å². The highest BCUT2D eigenvalue weighted by Crippen LogP contribution is 2.21. The molecule has 2 aromatic rings. The molecule has 1 N–H and O–H groups in total. The second kappa shape index (κ2) is 7.45. The summed E-state index contributed by atoms with van der Waals surface area (Å²) in [7, 11) is 0.284. The number of rotatable bonds is 6. The Morgan fingerprint density at radius 3 is 2.35 bits per heavy atom. The Hall–Kier alpha value is -1.40. The first kappa shape index (κ1) is 17.9. The average molecular weight is 353 g/mol. The topological polar surface area (TPSA) is 49.4 Å². The maximum atomic E-state index is 12.4. The predicted molar refractivity (Wildman–Crippen MR) is 94.2 cm³/mol. The van der Waals surface area contributed by atoms with Crippen LogP contribution in [0.15, 0.2) is 53.4 Å². The fourth-order valence-corrected chi connectivity index (χ4v) is 3.54. The Morgan fingerprint density at radius 1 is 1.13 bits per heavy atom. The van der Waals surface area contributed by atoms with E-state index in [0.29, 0.717) is 5.02 Å². The van der Waals surface area contributed by atoms with Crippen LogP contribution < -0.4 is 4.72 Å². The Morgan fingerprint density at radius 2 is 1.78 bits per heavy atom. The zero-order valence-electron chi connectivity index (χ0n) is 13.5.